The van der Waals surface area contributed by atoms with Gasteiger partial charge in [-0.2, -0.15) is 0 Å². The van der Waals surface area contributed by atoms with Crippen molar-refractivity contribution in [3.05, 3.63) is 0 Å². The van der Waals surface area contributed by atoms with Crippen LogP contribution in [0.5, 0.6) is 0 Å². The molecule has 2 fully saturated rings. The monoisotopic (exact) mass is 324 g/mol. The lowest BCUT2D eigenvalue weighted by Crippen LogP contribution is -2.54. The molecule has 2 rings (SSSR count). The summed E-state index contributed by atoms with van der Waals surface area (Å²) in [6, 6.07) is -0.0101. The molecule has 2 aliphatic heterocycles. The molecule has 0 spiro atoms. The van der Waals surface area contributed by atoms with Gasteiger partial charge >= 0.3 is 6.03 Å². The van der Waals surface area contributed by atoms with Crippen LogP contribution < -0.4 is 5.32 Å². The highest BCUT2D eigenvalue weighted by Gasteiger charge is 2.25. The van der Waals surface area contributed by atoms with Gasteiger partial charge in [0.15, 0.2) is 0 Å². The van der Waals surface area contributed by atoms with Crippen molar-refractivity contribution in [1.82, 2.24) is 20.0 Å². The maximum Gasteiger partial charge on any atom is 0.317 e. The molecule has 0 saturated carbocycles. The van der Waals surface area contributed by atoms with Crippen LogP contribution in [0.15, 0.2) is 0 Å². The van der Waals surface area contributed by atoms with Crippen LogP contribution in [0, 0.1) is 5.41 Å². The van der Waals surface area contributed by atoms with Crippen molar-refractivity contribution in [2.45, 2.75) is 40.0 Å². The molecule has 1 N–H and O–H groups in total. The Hall–Kier alpha value is -1.30. The predicted molar refractivity (Wildman–Crippen MR) is 91.3 cm³/mol. The van der Waals surface area contributed by atoms with Crippen molar-refractivity contribution in [2.24, 2.45) is 5.41 Å². The van der Waals surface area contributed by atoms with Crippen molar-refractivity contribution < 1.29 is 9.59 Å². The Morgan fingerprint density at radius 2 is 1.48 bits per heavy atom. The summed E-state index contributed by atoms with van der Waals surface area (Å²) < 4.78 is 0. The fourth-order valence-corrected chi connectivity index (χ4v) is 3.03. The number of rotatable bonds is 4. The first-order valence-electron chi connectivity index (χ1n) is 8.88. The third-order valence-electron chi connectivity index (χ3n) is 4.53. The number of hydrogen-bond donors (Lipinski definition) is 1. The fraction of sp³-hybridized carbons (Fsp3) is 0.882. The van der Waals surface area contributed by atoms with E-state index in [1.54, 1.807) is 0 Å². The summed E-state index contributed by atoms with van der Waals surface area (Å²) in [6.07, 6.45) is 3.13. The molecule has 0 aromatic carbocycles. The molecule has 0 aromatic heterocycles. The molecule has 6 heteroatoms. The zero-order valence-corrected chi connectivity index (χ0v) is 14.9. The Bertz CT molecular complexity index is 405. The highest BCUT2D eigenvalue weighted by molar-refractivity contribution is 5.77. The second kappa shape index (κ2) is 7.99. The number of carbonyl (C=O) groups is 2. The van der Waals surface area contributed by atoms with E-state index in [9.17, 15) is 9.59 Å². The molecule has 0 atom stereocenters. The van der Waals surface area contributed by atoms with E-state index in [1.165, 1.54) is 12.8 Å². The van der Waals surface area contributed by atoms with Gasteiger partial charge in [-0.25, -0.2) is 4.79 Å². The van der Waals surface area contributed by atoms with Crippen molar-refractivity contribution in [1.29, 1.82) is 0 Å². The lowest BCUT2D eigenvalue weighted by atomic mass is 9.97. The molecule has 0 bridgehead atoms. The van der Waals surface area contributed by atoms with Crippen LogP contribution in [0.1, 0.15) is 40.0 Å². The molecule has 0 unspecified atom stereocenters. The van der Waals surface area contributed by atoms with E-state index in [2.05, 4.69) is 31.0 Å². The van der Waals surface area contributed by atoms with Gasteiger partial charge in [-0.15, -0.1) is 0 Å². The van der Waals surface area contributed by atoms with E-state index in [0.717, 1.165) is 19.6 Å². The minimum absolute atomic E-state index is 0.0101. The zero-order valence-electron chi connectivity index (χ0n) is 14.9. The van der Waals surface area contributed by atoms with Gasteiger partial charge in [-0.1, -0.05) is 20.8 Å². The van der Waals surface area contributed by atoms with E-state index in [4.69, 9.17) is 0 Å². The van der Waals surface area contributed by atoms with E-state index in [0.29, 0.717) is 39.1 Å². The molecule has 2 aliphatic rings. The van der Waals surface area contributed by atoms with E-state index in [1.807, 2.05) is 9.80 Å². The smallest absolute Gasteiger partial charge is 0.317 e. The number of carbonyl (C=O) groups excluding carboxylic acids is 2. The second-order valence-electron chi connectivity index (χ2n) is 7.89. The quantitative estimate of drug-likeness (QED) is 0.850. The van der Waals surface area contributed by atoms with Gasteiger partial charge in [-0.3, -0.25) is 4.79 Å². The zero-order chi connectivity index (χ0) is 16.9. The van der Waals surface area contributed by atoms with Crippen molar-refractivity contribution in [3.63, 3.8) is 0 Å². The van der Waals surface area contributed by atoms with Crippen LogP contribution in [0.3, 0.4) is 0 Å². The molecule has 132 valence electrons. The average Bonchev–Trinajstić information content (AvgIpc) is 3.03. The van der Waals surface area contributed by atoms with Crippen molar-refractivity contribution in [2.75, 3.05) is 52.4 Å². The summed E-state index contributed by atoms with van der Waals surface area (Å²) in [4.78, 5) is 30.5. The van der Waals surface area contributed by atoms with Gasteiger partial charge in [0.05, 0.1) is 0 Å². The minimum Gasteiger partial charge on any atom is -0.339 e. The summed E-state index contributed by atoms with van der Waals surface area (Å²) in [5.74, 6) is 0.228. The van der Waals surface area contributed by atoms with Gasteiger partial charge in [0.1, 0.15) is 0 Å². The molecular formula is C17H32N4O2. The van der Waals surface area contributed by atoms with Crippen LogP contribution >= 0.6 is 0 Å². The van der Waals surface area contributed by atoms with Crippen LogP contribution in [0.4, 0.5) is 4.79 Å². The molecule has 23 heavy (non-hydrogen) atoms. The summed E-state index contributed by atoms with van der Waals surface area (Å²) >= 11 is 0. The molecule has 3 amide bonds. The topological polar surface area (TPSA) is 55.9 Å². The third-order valence-corrected chi connectivity index (χ3v) is 4.53. The molecule has 0 radical (unpaired) electrons. The predicted octanol–water partition coefficient (Wildman–Crippen LogP) is 1.37. The summed E-state index contributed by atoms with van der Waals surface area (Å²) in [7, 11) is 0. The first-order chi connectivity index (χ1) is 10.8. The van der Waals surface area contributed by atoms with Gasteiger partial charge in [-0.05, 0) is 31.3 Å². The Labute approximate surface area is 140 Å². The summed E-state index contributed by atoms with van der Waals surface area (Å²) in [6.45, 7) is 12.7. The molecule has 2 saturated heterocycles. The SMILES string of the molecule is CC(C)(C)CNC(=O)N1CCN(C(=O)CCN2CCCC2)CC1. The number of likely N-dealkylation sites (tertiary alicyclic amines) is 1. The van der Waals surface area contributed by atoms with Crippen molar-refractivity contribution in [3.8, 4) is 0 Å². The first kappa shape index (κ1) is 18.0. The van der Waals surface area contributed by atoms with E-state index in [-0.39, 0.29) is 17.4 Å². The van der Waals surface area contributed by atoms with E-state index < -0.39 is 0 Å². The molecule has 2 heterocycles. The molecule has 0 aromatic rings. The standard InChI is InChI=1S/C17H32N4O2/c1-17(2,3)14-18-16(23)21-12-10-20(11-13-21)15(22)6-9-19-7-4-5-8-19/h4-14H2,1-3H3,(H,18,23). The van der Waals surface area contributed by atoms with Crippen LogP contribution in [0.25, 0.3) is 0 Å². The maximum atomic E-state index is 12.3. The largest absolute Gasteiger partial charge is 0.339 e. The Morgan fingerprint density at radius 3 is 2.04 bits per heavy atom. The summed E-state index contributed by atoms with van der Waals surface area (Å²) in [5, 5.41) is 2.98. The molecular weight excluding hydrogens is 292 g/mol. The summed E-state index contributed by atoms with van der Waals surface area (Å²) in [5.41, 5.74) is 0.0863. The third kappa shape index (κ3) is 6.01. The van der Waals surface area contributed by atoms with Crippen LogP contribution in [-0.4, -0.2) is 79.0 Å². The van der Waals surface area contributed by atoms with Gasteiger partial charge < -0.3 is 20.0 Å². The van der Waals surface area contributed by atoms with Crippen LogP contribution in [0.2, 0.25) is 0 Å². The molecule has 6 nitrogen and oxygen atoms in total. The highest BCUT2D eigenvalue weighted by Crippen LogP contribution is 2.12. The van der Waals surface area contributed by atoms with Crippen molar-refractivity contribution >= 4 is 11.9 Å². The Kier molecular flexibility index (Phi) is 6.27. The number of nitrogens with zero attached hydrogens (tertiary/aromatic N) is 3. The lowest BCUT2D eigenvalue weighted by Gasteiger charge is -2.35. The highest BCUT2D eigenvalue weighted by atomic mass is 16.2. The molecule has 0 aliphatic carbocycles. The normalized spacial score (nSPS) is 20.0. The lowest BCUT2D eigenvalue weighted by molar-refractivity contribution is -0.132. The number of piperazine rings is 1. The van der Waals surface area contributed by atoms with Gasteiger partial charge in [0.25, 0.3) is 0 Å². The number of nitrogens with one attached hydrogen (secondary N) is 1. The number of amides is 3. The second-order valence-corrected chi connectivity index (χ2v) is 7.89. The fourth-order valence-electron chi connectivity index (χ4n) is 3.03. The Morgan fingerprint density at radius 1 is 0.913 bits per heavy atom. The number of hydrogen-bond acceptors (Lipinski definition) is 3. The Balaban J connectivity index is 1.66. The average molecular weight is 324 g/mol. The van der Waals surface area contributed by atoms with Crippen LogP contribution in [-0.2, 0) is 4.79 Å². The maximum absolute atomic E-state index is 12.3. The van der Waals surface area contributed by atoms with Gasteiger partial charge in [0.2, 0.25) is 5.91 Å². The first-order valence-corrected chi connectivity index (χ1v) is 8.88. The minimum atomic E-state index is -0.0101. The van der Waals surface area contributed by atoms with E-state index >= 15 is 0 Å². The number of urea groups is 1. The van der Waals surface area contributed by atoms with Gasteiger partial charge in [0, 0.05) is 45.7 Å².